The minimum absolute atomic E-state index is 0.0198. The summed E-state index contributed by atoms with van der Waals surface area (Å²) in [6.07, 6.45) is 4.29. The molecule has 2 aromatic carbocycles. The molecule has 27 heavy (non-hydrogen) atoms. The Bertz CT molecular complexity index is 959. The van der Waals surface area contributed by atoms with Gasteiger partial charge >= 0.3 is 0 Å². The van der Waals surface area contributed by atoms with Crippen molar-refractivity contribution in [3.05, 3.63) is 77.5 Å². The van der Waals surface area contributed by atoms with Crippen LogP contribution in [-0.4, -0.2) is 34.7 Å². The number of rotatable bonds is 4. The van der Waals surface area contributed by atoms with Gasteiger partial charge in [-0.1, -0.05) is 30.3 Å². The van der Waals surface area contributed by atoms with E-state index < -0.39 is 0 Å². The molecule has 0 fully saturated rings. The highest BCUT2D eigenvalue weighted by atomic mass is 16.5. The quantitative estimate of drug-likeness (QED) is 0.723. The molecule has 0 aliphatic carbocycles. The average molecular weight is 359 g/mol. The van der Waals surface area contributed by atoms with Gasteiger partial charge in [0.05, 0.1) is 12.8 Å². The number of aromatic nitrogens is 2. The van der Waals surface area contributed by atoms with Crippen LogP contribution < -0.4 is 4.74 Å². The summed E-state index contributed by atoms with van der Waals surface area (Å²) in [5, 5.41) is 7.62. The lowest BCUT2D eigenvalue weighted by Crippen LogP contribution is -2.34. The van der Waals surface area contributed by atoms with Crippen LogP contribution >= 0.6 is 0 Å². The highest BCUT2D eigenvalue weighted by Gasteiger charge is 2.24. The van der Waals surface area contributed by atoms with Crippen molar-refractivity contribution in [2.75, 3.05) is 13.7 Å². The summed E-state index contributed by atoms with van der Waals surface area (Å²) >= 11 is 0. The SMILES string of the molecule is COc1ccc(-c2n[nH]c3c2CN(C(=O)/C=C/c2ccccc2)CC3)cc1. The first kappa shape index (κ1) is 17.1. The van der Waals surface area contributed by atoms with Crippen molar-refractivity contribution in [1.29, 1.82) is 0 Å². The van der Waals surface area contributed by atoms with Gasteiger partial charge in [-0.2, -0.15) is 5.10 Å². The molecule has 136 valence electrons. The van der Waals surface area contributed by atoms with Gasteiger partial charge in [-0.3, -0.25) is 9.89 Å². The first-order valence-electron chi connectivity index (χ1n) is 8.97. The maximum atomic E-state index is 12.6. The van der Waals surface area contributed by atoms with Gasteiger partial charge in [0.25, 0.3) is 0 Å². The van der Waals surface area contributed by atoms with E-state index in [0.29, 0.717) is 13.1 Å². The van der Waals surface area contributed by atoms with Crippen LogP contribution in [0.25, 0.3) is 17.3 Å². The van der Waals surface area contributed by atoms with Crippen molar-refractivity contribution in [3.63, 3.8) is 0 Å². The summed E-state index contributed by atoms with van der Waals surface area (Å²) in [6, 6.07) is 17.7. The van der Waals surface area contributed by atoms with Crippen LogP contribution in [0.2, 0.25) is 0 Å². The first-order chi connectivity index (χ1) is 13.2. The molecule has 1 N–H and O–H groups in total. The van der Waals surface area contributed by atoms with E-state index in [9.17, 15) is 4.79 Å². The molecule has 0 atom stereocenters. The number of nitrogens with zero attached hydrogens (tertiary/aromatic N) is 2. The third-order valence-corrected chi connectivity index (χ3v) is 4.83. The van der Waals surface area contributed by atoms with E-state index in [-0.39, 0.29) is 5.91 Å². The largest absolute Gasteiger partial charge is 0.497 e. The first-order valence-corrected chi connectivity index (χ1v) is 8.97. The molecular formula is C22H21N3O2. The van der Waals surface area contributed by atoms with E-state index in [0.717, 1.165) is 40.2 Å². The Morgan fingerprint density at radius 2 is 1.93 bits per heavy atom. The van der Waals surface area contributed by atoms with Gasteiger partial charge in [0.2, 0.25) is 5.91 Å². The van der Waals surface area contributed by atoms with E-state index in [1.54, 1.807) is 13.2 Å². The minimum atomic E-state index is 0.0198. The number of hydrogen-bond acceptors (Lipinski definition) is 3. The summed E-state index contributed by atoms with van der Waals surface area (Å²) in [4.78, 5) is 14.5. The van der Waals surface area contributed by atoms with Gasteiger partial charge in [0, 0.05) is 42.4 Å². The average Bonchev–Trinajstić information content (AvgIpc) is 3.16. The Balaban J connectivity index is 1.53. The van der Waals surface area contributed by atoms with Crippen LogP contribution in [0.1, 0.15) is 16.8 Å². The number of aromatic amines is 1. The third-order valence-electron chi connectivity index (χ3n) is 4.83. The minimum Gasteiger partial charge on any atom is -0.497 e. The normalized spacial score (nSPS) is 13.6. The molecule has 5 nitrogen and oxygen atoms in total. The lowest BCUT2D eigenvalue weighted by Gasteiger charge is -2.26. The molecule has 1 aliphatic rings. The van der Waals surface area contributed by atoms with Gasteiger partial charge in [-0.15, -0.1) is 0 Å². The van der Waals surface area contributed by atoms with Crippen LogP contribution in [0.3, 0.4) is 0 Å². The van der Waals surface area contributed by atoms with Gasteiger partial charge in [-0.05, 0) is 35.9 Å². The molecule has 2 heterocycles. The fourth-order valence-electron chi connectivity index (χ4n) is 3.31. The highest BCUT2D eigenvalue weighted by molar-refractivity contribution is 5.92. The summed E-state index contributed by atoms with van der Waals surface area (Å²) in [5.74, 6) is 0.831. The summed E-state index contributed by atoms with van der Waals surface area (Å²) in [6.45, 7) is 1.25. The van der Waals surface area contributed by atoms with E-state index in [2.05, 4.69) is 10.2 Å². The van der Waals surface area contributed by atoms with E-state index in [4.69, 9.17) is 4.74 Å². The predicted octanol–water partition coefficient (Wildman–Crippen LogP) is 3.68. The Hall–Kier alpha value is -3.34. The topological polar surface area (TPSA) is 58.2 Å². The van der Waals surface area contributed by atoms with Crippen molar-refractivity contribution < 1.29 is 9.53 Å². The molecule has 0 saturated carbocycles. The van der Waals surface area contributed by atoms with Gasteiger partial charge in [0.15, 0.2) is 0 Å². The number of methoxy groups -OCH3 is 1. The van der Waals surface area contributed by atoms with E-state index in [1.165, 1.54) is 0 Å². The number of hydrogen-bond donors (Lipinski definition) is 1. The molecule has 0 saturated heterocycles. The van der Waals surface area contributed by atoms with Crippen LogP contribution in [0.4, 0.5) is 0 Å². The molecule has 1 aromatic heterocycles. The number of carbonyl (C=O) groups excluding carboxylic acids is 1. The number of nitrogens with one attached hydrogen (secondary N) is 1. The molecule has 0 spiro atoms. The number of amides is 1. The molecule has 0 radical (unpaired) electrons. The van der Waals surface area contributed by atoms with Crippen molar-refractivity contribution in [1.82, 2.24) is 15.1 Å². The van der Waals surface area contributed by atoms with Crippen molar-refractivity contribution >= 4 is 12.0 Å². The second-order valence-electron chi connectivity index (χ2n) is 6.51. The smallest absolute Gasteiger partial charge is 0.246 e. The van der Waals surface area contributed by atoms with Gasteiger partial charge < -0.3 is 9.64 Å². The van der Waals surface area contributed by atoms with Crippen molar-refractivity contribution in [2.45, 2.75) is 13.0 Å². The van der Waals surface area contributed by atoms with Gasteiger partial charge in [-0.25, -0.2) is 0 Å². The molecule has 0 bridgehead atoms. The zero-order valence-electron chi connectivity index (χ0n) is 15.2. The Morgan fingerprint density at radius 1 is 1.15 bits per heavy atom. The number of ether oxygens (including phenoxy) is 1. The predicted molar refractivity (Wildman–Crippen MR) is 105 cm³/mol. The number of fused-ring (bicyclic) bond motifs is 1. The Morgan fingerprint density at radius 3 is 2.67 bits per heavy atom. The maximum absolute atomic E-state index is 12.6. The summed E-state index contributed by atoms with van der Waals surface area (Å²) in [5.41, 5.74) is 5.13. The molecular weight excluding hydrogens is 338 g/mol. The molecule has 1 aliphatic heterocycles. The zero-order chi connectivity index (χ0) is 18.6. The van der Waals surface area contributed by atoms with E-state index >= 15 is 0 Å². The van der Waals surface area contributed by atoms with Crippen LogP contribution in [0.5, 0.6) is 5.75 Å². The molecule has 1 amide bonds. The van der Waals surface area contributed by atoms with Crippen LogP contribution in [0.15, 0.2) is 60.7 Å². The standard InChI is InChI=1S/C22H21N3O2/c1-27-18-10-8-17(9-11-18)22-19-15-25(14-13-20(19)23-24-22)21(26)12-7-16-5-3-2-4-6-16/h2-12H,13-15H2,1H3,(H,23,24)/b12-7+. The molecule has 3 aromatic rings. The van der Waals surface area contributed by atoms with Crippen molar-refractivity contribution in [2.24, 2.45) is 0 Å². The van der Waals surface area contributed by atoms with Crippen LogP contribution in [-0.2, 0) is 17.8 Å². The van der Waals surface area contributed by atoms with Crippen molar-refractivity contribution in [3.8, 4) is 17.0 Å². The second-order valence-corrected chi connectivity index (χ2v) is 6.51. The number of benzene rings is 2. The summed E-state index contributed by atoms with van der Waals surface area (Å²) < 4.78 is 5.22. The molecule has 0 unspecified atom stereocenters. The zero-order valence-corrected chi connectivity index (χ0v) is 15.2. The maximum Gasteiger partial charge on any atom is 0.246 e. The number of H-pyrrole nitrogens is 1. The van der Waals surface area contributed by atoms with E-state index in [1.807, 2.05) is 65.6 Å². The van der Waals surface area contributed by atoms with Gasteiger partial charge in [0.1, 0.15) is 5.75 Å². The van der Waals surface area contributed by atoms with Crippen LogP contribution in [0, 0.1) is 0 Å². The third kappa shape index (κ3) is 3.62. The Kier molecular flexibility index (Phi) is 4.75. The monoisotopic (exact) mass is 359 g/mol. The second kappa shape index (κ2) is 7.50. The summed E-state index contributed by atoms with van der Waals surface area (Å²) in [7, 11) is 1.65. The lowest BCUT2D eigenvalue weighted by atomic mass is 10.0. The highest BCUT2D eigenvalue weighted by Crippen LogP contribution is 2.29. The fourth-order valence-corrected chi connectivity index (χ4v) is 3.31. The lowest BCUT2D eigenvalue weighted by molar-refractivity contribution is -0.126. The number of carbonyl (C=O) groups is 1. The Labute approximate surface area is 158 Å². The fraction of sp³-hybridized carbons (Fsp3) is 0.182. The molecule has 4 rings (SSSR count). The molecule has 5 heteroatoms.